The molecule has 0 amide bonds. The first-order valence-corrected chi connectivity index (χ1v) is 12.2. The first kappa shape index (κ1) is 19.0. The smallest absolute Gasteiger partial charge is 0.322 e. The molecule has 0 aliphatic heterocycles. The zero-order valence-electron chi connectivity index (χ0n) is 14.9. The second-order valence-electron chi connectivity index (χ2n) is 6.51. The molecule has 26 heavy (non-hydrogen) atoms. The van der Waals surface area contributed by atoms with Gasteiger partial charge in [0.15, 0.2) is 5.90 Å². The van der Waals surface area contributed by atoms with E-state index in [2.05, 4.69) is 0 Å². The number of aryl methyl sites for hydroxylation is 1. The second kappa shape index (κ2) is 7.47. The number of rotatable bonds is 5. The summed E-state index contributed by atoms with van der Waals surface area (Å²) in [6, 6.07) is 25.7. The highest BCUT2D eigenvalue weighted by atomic mass is 31.2. The summed E-state index contributed by atoms with van der Waals surface area (Å²) in [5.74, 6) is -0.168. The lowest BCUT2D eigenvalue weighted by molar-refractivity contribution is 0.379. The van der Waals surface area contributed by atoms with E-state index in [1.165, 1.54) is 0 Å². The highest BCUT2D eigenvalue weighted by Crippen LogP contribution is 2.64. The quantitative estimate of drug-likeness (QED) is 0.658. The Morgan fingerprint density at radius 1 is 0.769 bits per heavy atom. The molecule has 3 rings (SSSR count). The molecule has 0 saturated carbocycles. The van der Waals surface area contributed by atoms with Crippen LogP contribution in [0.3, 0.4) is 0 Å². The first-order valence-electron chi connectivity index (χ1n) is 8.45. The summed E-state index contributed by atoms with van der Waals surface area (Å²) in [6.45, 7) is 4.09. The van der Waals surface area contributed by atoms with E-state index in [0.29, 0.717) is 0 Å². The Bertz CT molecular complexity index is 894. The molecule has 134 valence electrons. The SMILES string of the molecule is Cc1cccc([P+](CP(=O)(O)O)(c2ccccc2)c2ccccc2)c1C. The van der Waals surface area contributed by atoms with Crippen molar-refractivity contribution >= 4 is 30.8 Å². The molecule has 3 aromatic rings. The summed E-state index contributed by atoms with van der Waals surface area (Å²) in [5.41, 5.74) is 2.23. The van der Waals surface area contributed by atoms with Crippen LogP contribution in [0, 0.1) is 13.8 Å². The van der Waals surface area contributed by atoms with Gasteiger partial charge in [0.25, 0.3) is 0 Å². The molecule has 0 aliphatic carbocycles. The van der Waals surface area contributed by atoms with Gasteiger partial charge in [-0.05, 0) is 55.3 Å². The highest BCUT2D eigenvalue weighted by Gasteiger charge is 2.51. The average molecular weight is 385 g/mol. The van der Waals surface area contributed by atoms with Crippen LogP contribution in [0.2, 0.25) is 0 Å². The lowest BCUT2D eigenvalue weighted by Gasteiger charge is -2.29. The van der Waals surface area contributed by atoms with Crippen LogP contribution >= 0.6 is 14.9 Å². The van der Waals surface area contributed by atoms with E-state index in [0.717, 1.165) is 27.0 Å². The third-order valence-electron chi connectivity index (χ3n) is 4.78. The Balaban J connectivity index is 2.43. The van der Waals surface area contributed by atoms with Gasteiger partial charge in [-0.2, -0.15) is 0 Å². The molecule has 2 N–H and O–H groups in total. The Morgan fingerprint density at radius 2 is 1.27 bits per heavy atom. The molecule has 3 aromatic carbocycles. The number of benzene rings is 3. The van der Waals surface area contributed by atoms with Crippen LogP contribution in [-0.4, -0.2) is 15.7 Å². The van der Waals surface area contributed by atoms with Gasteiger partial charge in [-0.1, -0.05) is 48.5 Å². The van der Waals surface area contributed by atoms with Crippen LogP contribution in [0.25, 0.3) is 0 Å². The normalized spacial score (nSPS) is 12.2. The molecule has 3 nitrogen and oxygen atoms in total. The standard InChI is InChI=1S/C21H22O3P2/c1-17-10-9-15-21(18(17)2)25(16-26(22,23)24,19-11-5-3-6-12-19)20-13-7-4-8-14-20/h3-15H,16H2,1-2H3,(H-,22,23,24)/p+1. The Kier molecular flexibility index (Phi) is 5.46. The molecule has 0 radical (unpaired) electrons. The van der Waals surface area contributed by atoms with E-state index in [4.69, 9.17) is 0 Å². The van der Waals surface area contributed by atoms with Gasteiger partial charge < -0.3 is 9.79 Å². The summed E-state index contributed by atoms with van der Waals surface area (Å²) >= 11 is 0. The fraction of sp³-hybridized carbons (Fsp3) is 0.143. The summed E-state index contributed by atoms with van der Waals surface area (Å²) in [7, 11) is -6.77. The van der Waals surface area contributed by atoms with Crippen LogP contribution in [0.1, 0.15) is 11.1 Å². The Labute approximate surface area is 155 Å². The summed E-state index contributed by atoms with van der Waals surface area (Å²) in [5, 5.41) is 3.02. The van der Waals surface area contributed by atoms with Crippen LogP contribution in [0.5, 0.6) is 0 Å². The van der Waals surface area contributed by atoms with Crippen molar-refractivity contribution in [2.45, 2.75) is 13.8 Å². The molecular weight excluding hydrogens is 362 g/mol. The van der Waals surface area contributed by atoms with Gasteiger partial charge in [-0.25, -0.2) is 0 Å². The molecule has 5 heteroatoms. The molecule has 0 aromatic heterocycles. The minimum Gasteiger partial charge on any atom is -0.322 e. The summed E-state index contributed by atoms with van der Waals surface area (Å²) < 4.78 is 12.3. The molecule has 0 bridgehead atoms. The van der Waals surface area contributed by atoms with Crippen molar-refractivity contribution in [2.24, 2.45) is 0 Å². The molecular formula is C21H23O3P2+. The van der Waals surface area contributed by atoms with Crippen LogP contribution < -0.4 is 15.9 Å². The minimum atomic E-state index is -4.27. The van der Waals surface area contributed by atoms with E-state index in [1.54, 1.807) is 0 Å². The van der Waals surface area contributed by atoms with Gasteiger partial charge in [-0.15, -0.1) is 0 Å². The van der Waals surface area contributed by atoms with Gasteiger partial charge in [0, 0.05) is 0 Å². The predicted molar refractivity (Wildman–Crippen MR) is 112 cm³/mol. The fourth-order valence-electron chi connectivity index (χ4n) is 3.46. The van der Waals surface area contributed by atoms with Crippen molar-refractivity contribution in [3.05, 3.63) is 90.0 Å². The van der Waals surface area contributed by atoms with Gasteiger partial charge in [0.05, 0.1) is 0 Å². The van der Waals surface area contributed by atoms with E-state index >= 15 is 0 Å². The molecule has 0 atom stereocenters. The highest BCUT2D eigenvalue weighted by molar-refractivity contribution is 8.00. The van der Waals surface area contributed by atoms with Crippen molar-refractivity contribution in [2.75, 3.05) is 5.90 Å². The maximum absolute atomic E-state index is 12.3. The predicted octanol–water partition coefficient (Wildman–Crippen LogP) is 3.73. The van der Waals surface area contributed by atoms with Gasteiger partial charge in [0.1, 0.15) is 23.2 Å². The van der Waals surface area contributed by atoms with E-state index in [1.807, 2.05) is 92.7 Å². The first-order chi connectivity index (χ1) is 12.3. The van der Waals surface area contributed by atoms with Crippen molar-refractivity contribution in [1.82, 2.24) is 0 Å². The molecule has 0 spiro atoms. The number of hydrogen-bond donors (Lipinski definition) is 2. The largest absolute Gasteiger partial charge is 0.363 e. The van der Waals surface area contributed by atoms with Crippen molar-refractivity contribution in [1.29, 1.82) is 0 Å². The minimum absolute atomic E-state index is 0.168. The van der Waals surface area contributed by atoms with Gasteiger partial charge in [-0.3, -0.25) is 4.57 Å². The Morgan fingerprint density at radius 3 is 1.73 bits per heavy atom. The lowest BCUT2D eigenvalue weighted by atomic mass is 10.1. The molecule has 0 aliphatic rings. The van der Waals surface area contributed by atoms with E-state index < -0.39 is 14.9 Å². The van der Waals surface area contributed by atoms with Crippen LogP contribution in [0.4, 0.5) is 0 Å². The third-order valence-corrected chi connectivity index (χ3v) is 11.6. The van der Waals surface area contributed by atoms with Crippen LogP contribution in [0.15, 0.2) is 78.9 Å². The number of hydrogen-bond acceptors (Lipinski definition) is 1. The second-order valence-corrected chi connectivity index (χ2v) is 12.1. The molecule has 0 unspecified atom stereocenters. The third kappa shape index (κ3) is 3.68. The topological polar surface area (TPSA) is 57.5 Å². The van der Waals surface area contributed by atoms with Crippen LogP contribution in [-0.2, 0) is 4.57 Å². The van der Waals surface area contributed by atoms with E-state index in [-0.39, 0.29) is 5.90 Å². The monoisotopic (exact) mass is 385 g/mol. The zero-order chi connectivity index (χ0) is 18.8. The lowest BCUT2D eigenvalue weighted by Crippen LogP contribution is -2.35. The molecule has 0 saturated heterocycles. The summed E-state index contributed by atoms with van der Waals surface area (Å²) in [6.07, 6.45) is 0. The van der Waals surface area contributed by atoms with Gasteiger partial charge in [0.2, 0.25) is 0 Å². The van der Waals surface area contributed by atoms with Crippen molar-refractivity contribution in [3.8, 4) is 0 Å². The molecule has 0 fully saturated rings. The average Bonchev–Trinajstić information content (AvgIpc) is 2.63. The van der Waals surface area contributed by atoms with Gasteiger partial charge >= 0.3 is 7.60 Å². The van der Waals surface area contributed by atoms with Crippen molar-refractivity contribution in [3.63, 3.8) is 0 Å². The maximum Gasteiger partial charge on any atom is 0.363 e. The fourth-order valence-corrected chi connectivity index (χ4v) is 10.9. The Hall–Kier alpha value is -1.76. The zero-order valence-corrected chi connectivity index (χ0v) is 16.7. The van der Waals surface area contributed by atoms with E-state index in [9.17, 15) is 14.4 Å². The summed E-state index contributed by atoms with van der Waals surface area (Å²) in [4.78, 5) is 20.1. The maximum atomic E-state index is 12.3. The van der Waals surface area contributed by atoms with Crippen molar-refractivity contribution < 1.29 is 14.4 Å². The molecule has 0 heterocycles.